The summed E-state index contributed by atoms with van der Waals surface area (Å²) in [5, 5.41) is 17.3. The summed E-state index contributed by atoms with van der Waals surface area (Å²) in [6.07, 6.45) is 1.14. The minimum absolute atomic E-state index is 0.0306. The molecule has 0 bridgehead atoms. The lowest BCUT2D eigenvalue weighted by molar-refractivity contribution is -0.384. The molecule has 15 heteroatoms. The molecule has 2 N–H and O–H groups in total. The summed E-state index contributed by atoms with van der Waals surface area (Å²) in [4.78, 5) is 34.4. The first-order chi connectivity index (χ1) is 20.4. The summed E-state index contributed by atoms with van der Waals surface area (Å²) in [6, 6.07) is 19.3. The number of aryl methyl sites for hydroxylation is 1. The number of nitrogens with zero attached hydrogens (tertiary/aromatic N) is 3. The van der Waals surface area contributed by atoms with Crippen LogP contribution in [0.5, 0.6) is 0 Å². The van der Waals surface area contributed by atoms with Crippen LogP contribution in [0.2, 0.25) is 10.0 Å². The third kappa shape index (κ3) is 8.26. The Labute approximate surface area is 256 Å². The number of carbonyl (C=O) groups is 2. The number of hydrazone groups is 1. The van der Waals surface area contributed by atoms with Crippen LogP contribution in [-0.4, -0.2) is 35.7 Å². The number of hydrogen-bond acceptors (Lipinski definition) is 8. The van der Waals surface area contributed by atoms with Gasteiger partial charge in [0, 0.05) is 24.4 Å². The number of furan rings is 1. The maximum Gasteiger partial charge on any atom is 0.329 e. The van der Waals surface area contributed by atoms with Gasteiger partial charge in [-0.1, -0.05) is 47.0 Å². The standard InChI is InChI=1S/C28H23Cl2N5O7S/c1-18-2-11-24(12-3-18)43(40,41)34(16-19-4-13-25(29)26(30)14-19)17-23-10-9-22(42-23)15-31-33-28(37)27(36)32-20-5-7-21(8-6-20)35(38)39/h2-15H,16-17H2,1H3,(H,32,36)(H,33,37). The zero-order chi connectivity index (χ0) is 31.1. The minimum atomic E-state index is -3.97. The zero-order valence-electron chi connectivity index (χ0n) is 22.4. The van der Waals surface area contributed by atoms with Crippen molar-refractivity contribution in [2.75, 3.05) is 5.32 Å². The normalized spacial score (nSPS) is 11.5. The monoisotopic (exact) mass is 643 g/mol. The van der Waals surface area contributed by atoms with Crippen LogP contribution < -0.4 is 10.7 Å². The van der Waals surface area contributed by atoms with E-state index in [-0.39, 0.29) is 45.9 Å². The van der Waals surface area contributed by atoms with Crippen LogP contribution in [0.4, 0.5) is 11.4 Å². The van der Waals surface area contributed by atoms with Crippen LogP contribution >= 0.6 is 23.2 Å². The van der Waals surface area contributed by atoms with Gasteiger partial charge in [-0.05, 0) is 61.0 Å². The highest BCUT2D eigenvalue weighted by Crippen LogP contribution is 2.26. The van der Waals surface area contributed by atoms with E-state index in [4.69, 9.17) is 27.6 Å². The van der Waals surface area contributed by atoms with Gasteiger partial charge in [-0.2, -0.15) is 9.41 Å². The summed E-state index contributed by atoms with van der Waals surface area (Å²) >= 11 is 12.2. The number of nitro groups is 1. The molecule has 4 aromatic rings. The van der Waals surface area contributed by atoms with Gasteiger partial charge in [-0.3, -0.25) is 19.7 Å². The Bertz CT molecular complexity index is 1790. The fraction of sp³-hybridized carbons (Fsp3) is 0.107. The number of amides is 2. The summed E-state index contributed by atoms with van der Waals surface area (Å²) in [5.74, 6) is -1.70. The molecule has 43 heavy (non-hydrogen) atoms. The van der Waals surface area contributed by atoms with Crippen molar-refractivity contribution >= 4 is 62.6 Å². The van der Waals surface area contributed by atoms with E-state index in [0.717, 1.165) is 11.8 Å². The van der Waals surface area contributed by atoms with E-state index in [0.29, 0.717) is 10.6 Å². The maximum absolute atomic E-state index is 13.6. The second-order valence-electron chi connectivity index (χ2n) is 9.10. The van der Waals surface area contributed by atoms with Crippen molar-refractivity contribution in [2.45, 2.75) is 24.9 Å². The van der Waals surface area contributed by atoms with E-state index in [1.54, 1.807) is 36.4 Å². The third-order valence-corrected chi connectivity index (χ3v) is 8.46. The van der Waals surface area contributed by atoms with Crippen LogP contribution in [-0.2, 0) is 32.7 Å². The van der Waals surface area contributed by atoms with Gasteiger partial charge in [0.15, 0.2) is 0 Å². The number of non-ortho nitro benzene ring substituents is 1. The van der Waals surface area contributed by atoms with E-state index < -0.39 is 26.8 Å². The van der Waals surface area contributed by atoms with E-state index in [2.05, 4.69) is 10.4 Å². The lowest BCUT2D eigenvalue weighted by Crippen LogP contribution is -2.32. The van der Waals surface area contributed by atoms with E-state index in [1.807, 2.05) is 12.3 Å². The van der Waals surface area contributed by atoms with E-state index in [9.17, 15) is 28.1 Å². The van der Waals surface area contributed by atoms with Crippen molar-refractivity contribution in [3.8, 4) is 0 Å². The largest absolute Gasteiger partial charge is 0.459 e. The average Bonchev–Trinajstić information content (AvgIpc) is 3.42. The first-order valence-electron chi connectivity index (χ1n) is 12.4. The third-order valence-electron chi connectivity index (χ3n) is 5.92. The molecule has 0 aliphatic heterocycles. The van der Waals surface area contributed by atoms with Crippen LogP contribution in [0.3, 0.4) is 0 Å². The second-order valence-corrected chi connectivity index (χ2v) is 11.8. The van der Waals surface area contributed by atoms with Gasteiger partial charge in [0.25, 0.3) is 5.69 Å². The zero-order valence-corrected chi connectivity index (χ0v) is 24.7. The fourth-order valence-electron chi connectivity index (χ4n) is 3.71. The molecule has 1 aromatic heterocycles. The molecular weight excluding hydrogens is 621 g/mol. The van der Waals surface area contributed by atoms with Gasteiger partial charge in [-0.25, -0.2) is 13.8 Å². The van der Waals surface area contributed by atoms with Gasteiger partial charge in [-0.15, -0.1) is 0 Å². The van der Waals surface area contributed by atoms with Crippen molar-refractivity contribution in [3.05, 3.63) is 122 Å². The number of benzene rings is 3. The van der Waals surface area contributed by atoms with Crippen LogP contribution in [0.1, 0.15) is 22.6 Å². The number of nitrogens with one attached hydrogen (secondary N) is 2. The van der Waals surface area contributed by atoms with Crippen molar-refractivity contribution in [3.63, 3.8) is 0 Å². The molecule has 0 saturated heterocycles. The van der Waals surface area contributed by atoms with Crippen molar-refractivity contribution in [1.82, 2.24) is 9.73 Å². The molecule has 4 rings (SSSR count). The molecule has 1 heterocycles. The smallest absolute Gasteiger partial charge is 0.329 e. The molecule has 2 amide bonds. The van der Waals surface area contributed by atoms with Crippen molar-refractivity contribution < 1.29 is 27.3 Å². The molecule has 0 aliphatic rings. The molecule has 3 aromatic carbocycles. The van der Waals surface area contributed by atoms with Crippen LogP contribution in [0.15, 0.2) is 93.3 Å². The molecule has 0 fully saturated rings. The number of rotatable bonds is 10. The first-order valence-corrected chi connectivity index (χ1v) is 14.6. The molecule has 0 spiro atoms. The number of anilines is 1. The van der Waals surface area contributed by atoms with Crippen LogP contribution in [0.25, 0.3) is 0 Å². The topological polar surface area (TPSA) is 164 Å². The molecule has 222 valence electrons. The van der Waals surface area contributed by atoms with Crippen molar-refractivity contribution in [1.29, 1.82) is 0 Å². The summed E-state index contributed by atoms with van der Waals surface area (Å²) in [7, 11) is -3.97. The number of hydrogen-bond donors (Lipinski definition) is 2. The molecule has 0 aliphatic carbocycles. The molecule has 12 nitrogen and oxygen atoms in total. The summed E-state index contributed by atoms with van der Waals surface area (Å²) < 4.78 is 34.1. The van der Waals surface area contributed by atoms with Gasteiger partial charge >= 0.3 is 11.8 Å². The number of carbonyl (C=O) groups excluding carboxylic acids is 2. The second kappa shape index (κ2) is 13.6. The lowest BCUT2D eigenvalue weighted by Gasteiger charge is -2.22. The maximum atomic E-state index is 13.6. The SMILES string of the molecule is Cc1ccc(S(=O)(=O)N(Cc2ccc(Cl)c(Cl)c2)Cc2ccc(C=NNC(=O)C(=O)Nc3ccc([N+](=O)[O-])cc3)o2)cc1. The number of sulfonamides is 1. The quantitative estimate of drug-likeness (QED) is 0.103. The van der Waals surface area contributed by atoms with E-state index >= 15 is 0 Å². The highest BCUT2D eigenvalue weighted by Gasteiger charge is 2.26. The highest BCUT2D eigenvalue weighted by atomic mass is 35.5. The van der Waals surface area contributed by atoms with Crippen LogP contribution in [0, 0.1) is 17.0 Å². The molecule has 0 atom stereocenters. The van der Waals surface area contributed by atoms with Gasteiger partial charge in [0.05, 0.1) is 32.6 Å². The predicted octanol–water partition coefficient (Wildman–Crippen LogP) is 5.28. The Morgan fingerprint density at radius 1 is 0.953 bits per heavy atom. The average molecular weight is 644 g/mol. The minimum Gasteiger partial charge on any atom is -0.459 e. The van der Waals surface area contributed by atoms with Gasteiger partial charge < -0.3 is 9.73 Å². The first kappa shape index (κ1) is 31.4. The van der Waals surface area contributed by atoms with Gasteiger partial charge in [0.1, 0.15) is 11.5 Å². The molecule has 0 unspecified atom stereocenters. The molecule has 0 saturated carbocycles. The summed E-state index contributed by atoms with van der Waals surface area (Å²) in [6.45, 7) is 1.68. The summed E-state index contributed by atoms with van der Waals surface area (Å²) in [5.41, 5.74) is 3.56. The van der Waals surface area contributed by atoms with Crippen molar-refractivity contribution in [2.24, 2.45) is 5.10 Å². The predicted molar refractivity (Wildman–Crippen MR) is 160 cm³/mol. The molecule has 0 radical (unpaired) electrons. The molecular formula is C28H23Cl2N5O7S. The Hall–Kier alpha value is -4.56. The Morgan fingerprint density at radius 2 is 1.65 bits per heavy atom. The Kier molecular flexibility index (Phi) is 9.93. The Balaban J connectivity index is 1.43. The highest BCUT2D eigenvalue weighted by molar-refractivity contribution is 7.89. The lowest BCUT2D eigenvalue weighted by atomic mass is 10.2. The Morgan fingerprint density at radius 3 is 2.30 bits per heavy atom. The van der Waals surface area contributed by atoms with Gasteiger partial charge in [0.2, 0.25) is 10.0 Å². The number of halogens is 2. The fourth-order valence-corrected chi connectivity index (χ4v) is 5.42. The number of nitro benzene ring substituents is 1. The van der Waals surface area contributed by atoms with E-state index in [1.165, 1.54) is 46.8 Å².